The second-order valence-corrected chi connectivity index (χ2v) is 4.38. The van der Waals surface area contributed by atoms with E-state index in [2.05, 4.69) is 30.6 Å². The molecule has 0 fully saturated rings. The molecule has 1 aromatic heterocycles. The molecule has 1 aromatic rings. The second-order valence-electron chi connectivity index (χ2n) is 4.38. The maximum absolute atomic E-state index is 8.52. The molecule has 78 valence electrons. The van der Waals surface area contributed by atoms with Crippen LogP contribution >= 0.6 is 0 Å². The lowest BCUT2D eigenvalue weighted by Gasteiger charge is -2.15. The Labute approximate surface area is 83.4 Å². The topological polar surface area (TPSA) is 67.5 Å². The third-order valence-electron chi connectivity index (χ3n) is 1.54. The Kier molecular flexibility index (Phi) is 3.18. The van der Waals surface area contributed by atoms with E-state index in [0.29, 0.717) is 0 Å². The summed E-state index contributed by atoms with van der Waals surface area (Å²) in [6.07, 6.45) is 2.35. The van der Waals surface area contributed by atoms with Gasteiger partial charge in [0.25, 0.3) is 0 Å². The zero-order valence-electron chi connectivity index (χ0n) is 8.64. The van der Waals surface area contributed by atoms with Crippen LogP contribution in [0.3, 0.4) is 0 Å². The minimum Gasteiger partial charge on any atom is -0.405 e. The van der Waals surface area contributed by atoms with E-state index >= 15 is 0 Å². The molecule has 0 atom stereocenters. The molecule has 0 saturated carbocycles. The quantitative estimate of drug-likeness (QED) is 0.664. The Morgan fingerprint density at radius 3 is 2.64 bits per heavy atom. The first-order valence-electron chi connectivity index (χ1n) is 4.45. The number of hydrogen-bond acceptors (Lipinski definition) is 4. The molecule has 6 heteroatoms. The van der Waals surface area contributed by atoms with Crippen molar-refractivity contribution in [3.63, 3.8) is 0 Å². The smallest absolute Gasteiger partial charge is 0.405 e. The van der Waals surface area contributed by atoms with Crippen molar-refractivity contribution in [2.45, 2.75) is 27.2 Å². The Balaban J connectivity index is 2.60. The van der Waals surface area contributed by atoms with Gasteiger partial charge < -0.3 is 14.8 Å². The van der Waals surface area contributed by atoms with Crippen molar-refractivity contribution in [1.82, 2.24) is 9.94 Å². The lowest BCUT2D eigenvalue weighted by atomic mass is 9.91. The van der Waals surface area contributed by atoms with Crippen molar-refractivity contribution in [3.8, 4) is 0 Å². The molecule has 0 aromatic carbocycles. The first-order chi connectivity index (χ1) is 6.37. The third kappa shape index (κ3) is 3.80. The van der Waals surface area contributed by atoms with E-state index < -0.39 is 7.32 Å². The van der Waals surface area contributed by atoms with Crippen molar-refractivity contribution in [1.29, 1.82) is 0 Å². The van der Waals surface area contributed by atoms with Gasteiger partial charge in [0, 0.05) is 0 Å². The summed E-state index contributed by atoms with van der Waals surface area (Å²) in [7, 11) is -1.84. The van der Waals surface area contributed by atoms with Crippen molar-refractivity contribution < 1.29 is 14.8 Å². The molecule has 0 aliphatic heterocycles. The monoisotopic (exact) mass is 198 g/mol. The molecule has 0 amide bonds. The molecule has 14 heavy (non-hydrogen) atoms. The van der Waals surface area contributed by atoms with E-state index in [1.165, 1.54) is 0 Å². The van der Waals surface area contributed by atoms with Crippen LogP contribution in [0, 0.1) is 5.41 Å². The molecular weight excluding hydrogens is 183 g/mol. The van der Waals surface area contributed by atoms with Crippen LogP contribution in [0.25, 0.3) is 0 Å². The van der Waals surface area contributed by atoms with Crippen LogP contribution in [0.15, 0.2) is 12.3 Å². The molecular formula is C8H15BN2O3. The van der Waals surface area contributed by atoms with E-state index in [-0.39, 0.29) is 5.41 Å². The van der Waals surface area contributed by atoms with E-state index in [9.17, 15) is 0 Å². The predicted octanol–water partition coefficient (Wildman–Crippen LogP) is -0.130. The van der Waals surface area contributed by atoms with E-state index in [1.807, 2.05) is 0 Å². The molecule has 0 radical (unpaired) electrons. The summed E-state index contributed by atoms with van der Waals surface area (Å²) in [5.41, 5.74) is 1.01. The zero-order valence-corrected chi connectivity index (χ0v) is 8.64. The Hall–Kier alpha value is -1.01. The highest BCUT2D eigenvalue weighted by atomic mass is 16.7. The van der Waals surface area contributed by atoms with Crippen LogP contribution in [-0.4, -0.2) is 27.3 Å². The summed E-state index contributed by atoms with van der Waals surface area (Å²) >= 11 is 0. The largest absolute Gasteiger partial charge is 0.729 e. The van der Waals surface area contributed by atoms with Gasteiger partial charge in [0.2, 0.25) is 0 Å². The molecule has 0 unspecified atom stereocenters. The maximum atomic E-state index is 8.52. The van der Waals surface area contributed by atoms with Crippen molar-refractivity contribution in [2.75, 3.05) is 0 Å². The van der Waals surface area contributed by atoms with Crippen molar-refractivity contribution in [2.24, 2.45) is 5.41 Å². The second kappa shape index (κ2) is 4.02. The highest BCUT2D eigenvalue weighted by molar-refractivity contribution is 6.32. The predicted molar refractivity (Wildman–Crippen MR) is 52.2 cm³/mol. The Bertz CT molecular complexity index is 293. The molecule has 5 nitrogen and oxygen atoms in total. The third-order valence-corrected chi connectivity index (χ3v) is 1.54. The number of nitrogens with zero attached hydrogens (tertiary/aromatic N) is 2. The summed E-state index contributed by atoms with van der Waals surface area (Å²) < 4.78 is 4.53. The Morgan fingerprint density at radius 1 is 1.50 bits per heavy atom. The van der Waals surface area contributed by atoms with Crippen LogP contribution in [0.5, 0.6) is 0 Å². The van der Waals surface area contributed by atoms with E-state index in [0.717, 1.165) is 17.0 Å². The molecule has 0 aliphatic rings. The highest BCUT2D eigenvalue weighted by Gasteiger charge is 2.15. The lowest BCUT2D eigenvalue weighted by molar-refractivity contribution is 0.140. The van der Waals surface area contributed by atoms with Gasteiger partial charge in [-0.1, -0.05) is 20.8 Å². The van der Waals surface area contributed by atoms with Gasteiger partial charge in [-0.25, -0.2) is 0 Å². The van der Waals surface area contributed by atoms with Crippen LogP contribution in [0.4, 0.5) is 0 Å². The highest BCUT2D eigenvalue weighted by Crippen LogP contribution is 2.18. The van der Waals surface area contributed by atoms with Gasteiger partial charge in [0.05, 0.1) is 11.9 Å². The maximum Gasteiger partial charge on any atom is 0.729 e. The first-order valence-corrected chi connectivity index (χ1v) is 4.45. The van der Waals surface area contributed by atoms with Crippen LogP contribution in [0.2, 0.25) is 0 Å². The van der Waals surface area contributed by atoms with Gasteiger partial charge >= 0.3 is 7.32 Å². The average molecular weight is 198 g/mol. The molecule has 0 spiro atoms. The SMILES string of the molecule is CC(C)(C)Cc1ccn(OB(O)O)n1. The number of rotatable bonds is 3. The molecule has 1 rings (SSSR count). The lowest BCUT2D eigenvalue weighted by Crippen LogP contribution is -2.29. The zero-order chi connectivity index (χ0) is 10.8. The first kappa shape index (κ1) is 11.1. The minimum atomic E-state index is -1.84. The summed E-state index contributed by atoms with van der Waals surface area (Å²) in [5.74, 6) is 0. The minimum absolute atomic E-state index is 0.150. The van der Waals surface area contributed by atoms with Gasteiger partial charge in [-0.2, -0.15) is 0 Å². The fraction of sp³-hybridized carbons (Fsp3) is 0.625. The number of aromatic nitrogens is 2. The van der Waals surface area contributed by atoms with Crippen LogP contribution in [0.1, 0.15) is 26.5 Å². The van der Waals surface area contributed by atoms with Crippen LogP contribution in [-0.2, 0) is 6.42 Å². The average Bonchev–Trinajstić information content (AvgIpc) is 2.30. The summed E-state index contributed by atoms with van der Waals surface area (Å²) in [4.78, 5) is 1.05. The normalized spacial score (nSPS) is 11.5. The fourth-order valence-electron chi connectivity index (χ4n) is 1.14. The molecule has 2 N–H and O–H groups in total. The van der Waals surface area contributed by atoms with Gasteiger partial charge in [0.15, 0.2) is 0 Å². The van der Waals surface area contributed by atoms with Crippen LogP contribution < -0.4 is 4.76 Å². The molecule has 0 saturated heterocycles. The summed E-state index contributed by atoms with van der Waals surface area (Å²) in [5, 5.41) is 21.1. The van der Waals surface area contributed by atoms with Gasteiger partial charge in [0.1, 0.15) is 0 Å². The van der Waals surface area contributed by atoms with E-state index in [1.54, 1.807) is 12.3 Å². The van der Waals surface area contributed by atoms with Crippen molar-refractivity contribution >= 4 is 7.32 Å². The Morgan fingerprint density at radius 2 is 2.14 bits per heavy atom. The summed E-state index contributed by atoms with van der Waals surface area (Å²) in [6.45, 7) is 6.31. The van der Waals surface area contributed by atoms with Crippen molar-refractivity contribution in [3.05, 3.63) is 18.0 Å². The van der Waals surface area contributed by atoms with Gasteiger partial charge in [-0.05, 0) is 17.9 Å². The van der Waals surface area contributed by atoms with Gasteiger partial charge in [-0.3, -0.25) is 0 Å². The molecule has 0 aliphatic carbocycles. The van der Waals surface area contributed by atoms with E-state index in [4.69, 9.17) is 10.0 Å². The molecule has 1 heterocycles. The fourth-order valence-corrected chi connectivity index (χ4v) is 1.14. The van der Waals surface area contributed by atoms with Gasteiger partial charge in [-0.15, -0.1) is 9.94 Å². The number of hydrogen-bond donors (Lipinski definition) is 2. The standard InChI is InChI=1S/C8H15BN2O3/c1-8(2,3)6-7-4-5-11(10-7)14-9(12)13/h4-5,12-13H,6H2,1-3H3. The summed E-state index contributed by atoms with van der Waals surface area (Å²) in [6, 6.07) is 1.79. The molecule has 0 bridgehead atoms.